The van der Waals surface area contributed by atoms with Crippen LogP contribution in [0, 0.1) is 0 Å². The highest BCUT2D eigenvalue weighted by atomic mass is 32.2. The van der Waals surface area contributed by atoms with E-state index < -0.39 is 0 Å². The summed E-state index contributed by atoms with van der Waals surface area (Å²) in [5.74, 6) is 0.933. The maximum atomic E-state index is 5.66. The summed E-state index contributed by atoms with van der Waals surface area (Å²) < 4.78 is 5.66. The van der Waals surface area contributed by atoms with Crippen molar-refractivity contribution in [3.63, 3.8) is 0 Å². The van der Waals surface area contributed by atoms with Gasteiger partial charge in [0.2, 0.25) is 0 Å². The molecular formula is C15H15NOS. The number of hydrogen-bond acceptors (Lipinski definition) is 3. The predicted octanol–water partition coefficient (Wildman–Crippen LogP) is 4.68. The highest BCUT2D eigenvalue weighted by Gasteiger charge is 2.15. The summed E-state index contributed by atoms with van der Waals surface area (Å²) in [6, 6.07) is 14.6. The van der Waals surface area contributed by atoms with E-state index in [1.54, 1.807) is 11.8 Å². The van der Waals surface area contributed by atoms with Gasteiger partial charge >= 0.3 is 0 Å². The highest BCUT2D eigenvalue weighted by Crippen LogP contribution is 2.44. The third-order valence-electron chi connectivity index (χ3n) is 2.80. The van der Waals surface area contributed by atoms with E-state index in [1.807, 2.05) is 6.07 Å². The molecular weight excluding hydrogens is 242 g/mol. The average molecular weight is 257 g/mol. The van der Waals surface area contributed by atoms with Gasteiger partial charge in [-0.15, -0.1) is 0 Å². The fraction of sp³-hybridized carbons (Fsp3) is 0.200. The molecule has 0 saturated heterocycles. The predicted molar refractivity (Wildman–Crippen MR) is 76.1 cm³/mol. The number of hydrogen-bond donors (Lipinski definition) is 1. The van der Waals surface area contributed by atoms with Crippen LogP contribution in [0.2, 0.25) is 0 Å². The van der Waals surface area contributed by atoms with Crippen molar-refractivity contribution in [2.45, 2.75) is 23.1 Å². The van der Waals surface area contributed by atoms with Crippen LogP contribution >= 0.6 is 11.8 Å². The van der Waals surface area contributed by atoms with Crippen molar-refractivity contribution in [3.8, 4) is 5.75 Å². The summed E-state index contributed by atoms with van der Waals surface area (Å²) >= 11 is 1.80. The molecule has 0 bridgehead atoms. The van der Waals surface area contributed by atoms with Gasteiger partial charge in [-0.1, -0.05) is 30.8 Å². The maximum Gasteiger partial charge on any atom is 0.121 e. The number of ether oxygens (including phenoxy) is 1. The van der Waals surface area contributed by atoms with E-state index in [-0.39, 0.29) is 0 Å². The first kappa shape index (κ1) is 11.5. The summed E-state index contributed by atoms with van der Waals surface area (Å²) in [6.07, 6.45) is 1.03. The first-order valence-corrected chi connectivity index (χ1v) is 6.99. The van der Waals surface area contributed by atoms with Crippen LogP contribution in [0.25, 0.3) is 0 Å². The second kappa shape index (κ2) is 4.94. The SMILES string of the molecule is CCCOc1ccc2c(c1)Nc1ccccc1S2. The summed E-state index contributed by atoms with van der Waals surface area (Å²) in [7, 11) is 0. The Bertz CT molecular complexity index is 568. The zero-order chi connectivity index (χ0) is 12.4. The molecule has 0 aliphatic carbocycles. The zero-order valence-electron chi connectivity index (χ0n) is 10.3. The summed E-state index contributed by atoms with van der Waals surface area (Å²) in [5.41, 5.74) is 2.30. The minimum Gasteiger partial charge on any atom is -0.494 e. The lowest BCUT2D eigenvalue weighted by atomic mass is 10.2. The smallest absolute Gasteiger partial charge is 0.121 e. The molecule has 1 heterocycles. The van der Waals surface area contributed by atoms with Crippen molar-refractivity contribution in [3.05, 3.63) is 42.5 Å². The van der Waals surface area contributed by atoms with E-state index >= 15 is 0 Å². The molecule has 92 valence electrons. The Labute approximate surface area is 111 Å². The van der Waals surface area contributed by atoms with Gasteiger partial charge in [-0.2, -0.15) is 0 Å². The molecule has 1 aliphatic heterocycles. The fourth-order valence-corrected chi connectivity index (χ4v) is 2.90. The van der Waals surface area contributed by atoms with E-state index in [0.717, 1.165) is 24.5 Å². The number of benzene rings is 2. The van der Waals surface area contributed by atoms with Crippen LogP contribution in [0.3, 0.4) is 0 Å². The van der Waals surface area contributed by atoms with Gasteiger partial charge in [0.15, 0.2) is 0 Å². The standard InChI is InChI=1S/C15H15NOS/c1-2-9-17-11-7-8-15-13(10-11)16-12-5-3-4-6-14(12)18-15/h3-8,10,16H,2,9H2,1H3. The molecule has 0 aromatic heterocycles. The molecule has 3 heteroatoms. The molecule has 2 aromatic carbocycles. The molecule has 1 N–H and O–H groups in total. The Hall–Kier alpha value is -1.61. The van der Waals surface area contributed by atoms with Crippen molar-refractivity contribution in [2.75, 3.05) is 11.9 Å². The normalized spacial score (nSPS) is 12.3. The van der Waals surface area contributed by atoms with Crippen molar-refractivity contribution < 1.29 is 4.74 Å². The summed E-state index contributed by atoms with van der Waals surface area (Å²) in [5, 5.41) is 3.46. The Morgan fingerprint density at radius 2 is 1.89 bits per heavy atom. The van der Waals surface area contributed by atoms with Crippen LogP contribution in [0.15, 0.2) is 52.3 Å². The largest absolute Gasteiger partial charge is 0.494 e. The van der Waals surface area contributed by atoms with Crippen LogP contribution < -0.4 is 10.1 Å². The lowest BCUT2D eigenvalue weighted by Gasteiger charge is -2.21. The number of rotatable bonds is 3. The van der Waals surface area contributed by atoms with Crippen LogP contribution in [-0.2, 0) is 0 Å². The monoisotopic (exact) mass is 257 g/mol. The zero-order valence-corrected chi connectivity index (χ0v) is 11.1. The maximum absolute atomic E-state index is 5.66. The highest BCUT2D eigenvalue weighted by molar-refractivity contribution is 7.99. The molecule has 2 nitrogen and oxygen atoms in total. The molecule has 0 amide bonds. The van der Waals surface area contributed by atoms with Gasteiger partial charge in [0.25, 0.3) is 0 Å². The quantitative estimate of drug-likeness (QED) is 0.736. The second-order valence-electron chi connectivity index (χ2n) is 4.23. The van der Waals surface area contributed by atoms with Gasteiger partial charge in [-0.05, 0) is 30.7 Å². The van der Waals surface area contributed by atoms with Crippen LogP contribution in [-0.4, -0.2) is 6.61 Å². The molecule has 18 heavy (non-hydrogen) atoms. The molecule has 0 atom stereocenters. The number of para-hydroxylation sites is 1. The van der Waals surface area contributed by atoms with E-state index in [0.29, 0.717) is 0 Å². The van der Waals surface area contributed by atoms with Crippen molar-refractivity contribution in [1.29, 1.82) is 0 Å². The first-order chi connectivity index (χ1) is 8.86. The van der Waals surface area contributed by atoms with Crippen LogP contribution in [0.5, 0.6) is 5.75 Å². The molecule has 2 aromatic rings. The number of anilines is 2. The Balaban J connectivity index is 1.89. The van der Waals surface area contributed by atoms with Crippen molar-refractivity contribution in [2.24, 2.45) is 0 Å². The van der Waals surface area contributed by atoms with E-state index in [1.165, 1.54) is 15.5 Å². The molecule has 0 radical (unpaired) electrons. The average Bonchev–Trinajstić information content (AvgIpc) is 2.42. The molecule has 0 saturated carbocycles. The van der Waals surface area contributed by atoms with E-state index in [2.05, 4.69) is 48.6 Å². The fourth-order valence-electron chi connectivity index (χ4n) is 1.93. The van der Waals surface area contributed by atoms with E-state index in [9.17, 15) is 0 Å². The van der Waals surface area contributed by atoms with Crippen LogP contribution in [0.1, 0.15) is 13.3 Å². The third-order valence-corrected chi connectivity index (χ3v) is 3.95. The van der Waals surface area contributed by atoms with Crippen LogP contribution in [0.4, 0.5) is 11.4 Å². The molecule has 1 aliphatic rings. The third kappa shape index (κ3) is 2.18. The second-order valence-corrected chi connectivity index (χ2v) is 5.31. The Kier molecular flexibility index (Phi) is 3.15. The van der Waals surface area contributed by atoms with Gasteiger partial charge in [-0.3, -0.25) is 0 Å². The van der Waals surface area contributed by atoms with Crippen molar-refractivity contribution in [1.82, 2.24) is 0 Å². The van der Waals surface area contributed by atoms with E-state index in [4.69, 9.17) is 4.74 Å². The Morgan fingerprint density at radius 3 is 2.78 bits per heavy atom. The lowest BCUT2D eigenvalue weighted by Crippen LogP contribution is -2.01. The topological polar surface area (TPSA) is 21.3 Å². The van der Waals surface area contributed by atoms with Gasteiger partial charge in [0, 0.05) is 15.9 Å². The van der Waals surface area contributed by atoms with Crippen molar-refractivity contribution >= 4 is 23.1 Å². The van der Waals surface area contributed by atoms with Gasteiger partial charge in [0.1, 0.15) is 5.75 Å². The van der Waals surface area contributed by atoms with Gasteiger partial charge < -0.3 is 10.1 Å². The van der Waals surface area contributed by atoms with Gasteiger partial charge in [0.05, 0.1) is 18.0 Å². The summed E-state index contributed by atoms with van der Waals surface area (Å²) in [6.45, 7) is 2.88. The Morgan fingerprint density at radius 1 is 1.06 bits per heavy atom. The lowest BCUT2D eigenvalue weighted by molar-refractivity contribution is 0.317. The summed E-state index contributed by atoms with van der Waals surface area (Å²) in [4.78, 5) is 2.52. The first-order valence-electron chi connectivity index (χ1n) is 6.17. The molecule has 3 rings (SSSR count). The van der Waals surface area contributed by atoms with Gasteiger partial charge in [-0.25, -0.2) is 0 Å². The minimum absolute atomic E-state index is 0.766. The molecule has 0 spiro atoms. The molecule has 0 unspecified atom stereocenters. The number of nitrogens with one attached hydrogen (secondary N) is 1. The molecule has 0 fully saturated rings. The number of fused-ring (bicyclic) bond motifs is 2. The minimum atomic E-state index is 0.766.